The number of anilines is 3. The van der Waals surface area contributed by atoms with E-state index in [2.05, 4.69) is 25.8 Å². The van der Waals surface area contributed by atoms with E-state index in [-0.39, 0.29) is 22.8 Å². The first-order chi connectivity index (χ1) is 20.7. The van der Waals surface area contributed by atoms with Gasteiger partial charge in [0.25, 0.3) is 5.91 Å². The number of hydrogen-bond acceptors (Lipinski definition) is 10. The number of imide groups is 1. The Morgan fingerprint density at radius 1 is 1.07 bits per heavy atom. The molecule has 14 heteroatoms. The number of halogens is 1. The topological polar surface area (TPSA) is 161 Å². The van der Waals surface area contributed by atoms with Crippen molar-refractivity contribution in [1.82, 2.24) is 20.4 Å². The van der Waals surface area contributed by atoms with Gasteiger partial charge in [0.15, 0.2) is 16.8 Å². The molecular formula is C30H33ClN6O7. The van der Waals surface area contributed by atoms with Crippen LogP contribution in [0.15, 0.2) is 35.0 Å². The molecule has 0 unspecified atom stereocenters. The van der Waals surface area contributed by atoms with Gasteiger partial charge in [-0.1, -0.05) is 22.8 Å². The number of benzene rings is 1. The Bertz CT molecular complexity index is 1740. The molecule has 3 aromatic heterocycles. The molecule has 4 heterocycles. The molecule has 0 aliphatic carbocycles. The number of nitrogens with one attached hydrogen (secondary N) is 3. The zero-order chi connectivity index (χ0) is 32.0. The zero-order valence-electron chi connectivity index (χ0n) is 25.4. The van der Waals surface area contributed by atoms with Gasteiger partial charge in [-0.05, 0) is 59.7 Å². The molecule has 232 valence electrons. The van der Waals surface area contributed by atoms with Gasteiger partial charge in [-0.15, -0.1) is 0 Å². The second kappa shape index (κ2) is 11.4. The third-order valence-electron chi connectivity index (χ3n) is 6.37. The number of hydrogen-bond donors (Lipinski definition) is 3. The average molecular weight is 625 g/mol. The summed E-state index contributed by atoms with van der Waals surface area (Å²) in [5, 5.41) is 10.6. The second-order valence-corrected chi connectivity index (χ2v) is 12.4. The molecule has 3 N–H and O–H groups in total. The average Bonchev–Trinajstić information content (AvgIpc) is 3.49. The lowest BCUT2D eigenvalue weighted by Gasteiger charge is -2.27. The van der Waals surface area contributed by atoms with Crippen molar-refractivity contribution in [2.45, 2.75) is 59.2 Å². The maximum atomic E-state index is 13.3. The molecular weight excluding hydrogens is 592 g/mol. The summed E-state index contributed by atoms with van der Waals surface area (Å²) in [5.41, 5.74) is 1.34. The molecule has 0 saturated carbocycles. The maximum Gasteiger partial charge on any atom is 0.425 e. The van der Waals surface area contributed by atoms with E-state index in [0.29, 0.717) is 62.5 Å². The van der Waals surface area contributed by atoms with Crippen molar-refractivity contribution in [3.8, 4) is 17.0 Å². The third kappa shape index (κ3) is 6.00. The first kappa shape index (κ1) is 30.7. The molecule has 44 heavy (non-hydrogen) atoms. The number of rotatable bonds is 5. The first-order valence-corrected chi connectivity index (χ1v) is 14.2. The van der Waals surface area contributed by atoms with Gasteiger partial charge >= 0.3 is 12.2 Å². The molecule has 0 bridgehead atoms. The van der Waals surface area contributed by atoms with Crippen LogP contribution in [0, 0.1) is 0 Å². The summed E-state index contributed by atoms with van der Waals surface area (Å²) in [5.74, 6) is -0.106. The minimum atomic E-state index is -1.02. The van der Waals surface area contributed by atoms with Crippen LogP contribution in [0.2, 0.25) is 5.02 Å². The lowest BCUT2D eigenvalue weighted by molar-refractivity contribution is 0.0427. The molecule has 0 fully saturated rings. The van der Waals surface area contributed by atoms with Crippen LogP contribution in [0.25, 0.3) is 22.4 Å². The number of carbonyl (C=O) groups is 3. The molecule has 1 aliphatic heterocycles. The monoisotopic (exact) mass is 624 g/mol. The van der Waals surface area contributed by atoms with E-state index in [0.717, 1.165) is 0 Å². The summed E-state index contributed by atoms with van der Waals surface area (Å²) in [6.07, 6.45) is -0.0125. The molecule has 3 amide bonds. The Kier molecular flexibility index (Phi) is 7.93. The Labute approximate surface area is 258 Å². The van der Waals surface area contributed by atoms with E-state index in [1.165, 1.54) is 13.3 Å². The minimum Gasteiger partial charge on any atom is -0.493 e. The number of methoxy groups -OCH3 is 1. The lowest BCUT2D eigenvalue weighted by Crippen LogP contribution is -2.44. The fourth-order valence-electron chi connectivity index (χ4n) is 4.69. The summed E-state index contributed by atoms with van der Waals surface area (Å²) in [7, 11) is 1.50. The van der Waals surface area contributed by atoms with Crippen LogP contribution >= 0.6 is 11.6 Å². The van der Waals surface area contributed by atoms with Gasteiger partial charge in [-0.25, -0.2) is 14.6 Å². The lowest BCUT2D eigenvalue weighted by atomic mass is 10.0. The summed E-state index contributed by atoms with van der Waals surface area (Å²) in [4.78, 5) is 48.1. The number of fused-ring (bicyclic) bond motifs is 2. The number of aromatic amines is 1. The van der Waals surface area contributed by atoms with Crippen LogP contribution in [0.3, 0.4) is 0 Å². The van der Waals surface area contributed by atoms with Crippen LogP contribution in [0.4, 0.5) is 26.8 Å². The van der Waals surface area contributed by atoms with E-state index >= 15 is 0 Å². The number of nitrogens with zero attached hydrogens (tertiary/aromatic N) is 3. The van der Waals surface area contributed by atoms with E-state index in [9.17, 15) is 14.4 Å². The predicted octanol–water partition coefficient (Wildman–Crippen LogP) is 6.59. The Hall–Kier alpha value is -4.78. The molecule has 0 atom stereocenters. The quantitative estimate of drug-likeness (QED) is 0.221. The number of ether oxygens (including phenoxy) is 3. The Balaban J connectivity index is 1.68. The smallest absolute Gasteiger partial charge is 0.425 e. The molecule has 5 rings (SSSR count). The number of amides is 3. The van der Waals surface area contributed by atoms with Crippen molar-refractivity contribution in [1.29, 1.82) is 0 Å². The van der Waals surface area contributed by atoms with Gasteiger partial charge in [0.1, 0.15) is 11.2 Å². The molecule has 1 aromatic carbocycles. The van der Waals surface area contributed by atoms with Crippen LogP contribution < -0.4 is 20.3 Å². The summed E-state index contributed by atoms with van der Waals surface area (Å²) < 4.78 is 22.3. The maximum absolute atomic E-state index is 13.3. The summed E-state index contributed by atoms with van der Waals surface area (Å²) in [6.45, 7) is 10.5. The standard InChI is InChI=1S/C30H33ClN6O7/c1-29(2,3)42-27(39)37(28(40)43-30(4,5)6)25-22-23(44-36-25)15(11-13-32-22)20-21(19-17(34-20)12-14-33-26(19)38)35-18-10-8-9-16(31)24(18)41-7/h8-11,13,34-35H,12,14H2,1-7H3,(H,33,38). The molecule has 1 aliphatic rings. The normalized spacial score (nSPS) is 13.2. The fraction of sp³-hybridized carbons (Fsp3) is 0.367. The van der Waals surface area contributed by atoms with Gasteiger partial charge in [0.2, 0.25) is 5.82 Å². The number of aromatic nitrogens is 3. The van der Waals surface area contributed by atoms with E-state index in [1.54, 1.807) is 65.8 Å². The molecule has 4 aromatic rings. The fourth-order valence-corrected chi connectivity index (χ4v) is 4.95. The van der Waals surface area contributed by atoms with Crippen LogP contribution in [0.1, 0.15) is 57.6 Å². The highest BCUT2D eigenvalue weighted by Crippen LogP contribution is 2.43. The second-order valence-electron chi connectivity index (χ2n) is 12.0. The highest BCUT2D eigenvalue weighted by molar-refractivity contribution is 6.32. The highest BCUT2D eigenvalue weighted by Gasteiger charge is 2.37. The SMILES string of the molecule is COc1c(Cl)cccc1Nc1c(-c2ccnc3c(N(C(=O)OC(C)(C)C)C(=O)OC(C)(C)C)noc23)[nH]c2c1C(=O)NCC2. The third-order valence-corrected chi connectivity index (χ3v) is 6.67. The largest absolute Gasteiger partial charge is 0.493 e. The van der Waals surface area contributed by atoms with Crippen LogP contribution in [-0.2, 0) is 15.9 Å². The minimum absolute atomic E-state index is 0.0857. The first-order valence-electron chi connectivity index (χ1n) is 13.8. The van der Waals surface area contributed by atoms with Crippen LogP contribution in [0.5, 0.6) is 5.75 Å². The van der Waals surface area contributed by atoms with Gasteiger partial charge in [-0.3, -0.25) is 4.79 Å². The van der Waals surface area contributed by atoms with Gasteiger partial charge < -0.3 is 34.4 Å². The van der Waals surface area contributed by atoms with Crippen molar-refractivity contribution >= 4 is 58.0 Å². The number of carbonyl (C=O) groups excluding carboxylic acids is 3. The number of H-pyrrole nitrogens is 1. The van der Waals surface area contributed by atoms with Crippen molar-refractivity contribution in [2.24, 2.45) is 0 Å². The highest BCUT2D eigenvalue weighted by atomic mass is 35.5. The van der Waals surface area contributed by atoms with E-state index in [4.69, 9.17) is 30.3 Å². The van der Waals surface area contributed by atoms with Crippen molar-refractivity contribution in [3.05, 3.63) is 46.7 Å². The number of para-hydroxylation sites is 1. The molecule has 13 nitrogen and oxygen atoms in total. The molecule has 0 saturated heterocycles. The molecule has 0 spiro atoms. The molecule has 0 radical (unpaired) electrons. The number of pyridine rings is 1. The van der Waals surface area contributed by atoms with Gasteiger partial charge in [0.05, 0.1) is 34.8 Å². The zero-order valence-corrected chi connectivity index (χ0v) is 26.1. The summed E-state index contributed by atoms with van der Waals surface area (Å²) in [6, 6.07) is 6.87. The predicted molar refractivity (Wildman–Crippen MR) is 164 cm³/mol. The Morgan fingerprint density at radius 3 is 2.39 bits per heavy atom. The van der Waals surface area contributed by atoms with Gasteiger partial charge in [-0.2, -0.15) is 4.90 Å². The Morgan fingerprint density at radius 2 is 1.75 bits per heavy atom. The van der Waals surface area contributed by atoms with E-state index in [1.807, 2.05) is 0 Å². The van der Waals surface area contributed by atoms with Crippen molar-refractivity contribution in [2.75, 3.05) is 23.9 Å². The summed E-state index contributed by atoms with van der Waals surface area (Å²) >= 11 is 6.38. The van der Waals surface area contributed by atoms with E-state index < -0.39 is 23.4 Å². The van der Waals surface area contributed by atoms with Crippen molar-refractivity contribution in [3.63, 3.8) is 0 Å². The van der Waals surface area contributed by atoms with Crippen LogP contribution in [-0.4, -0.2) is 58.1 Å². The van der Waals surface area contributed by atoms with Gasteiger partial charge in [0, 0.05) is 30.4 Å². The van der Waals surface area contributed by atoms with Crippen molar-refractivity contribution < 1.29 is 33.1 Å².